The minimum absolute atomic E-state index is 0.0876. The lowest BCUT2D eigenvalue weighted by Crippen LogP contribution is -2.41. The highest BCUT2D eigenvalue weighted by Gasteiger charge is 2.10. The molecule has 2 amide bonds. The molecule has 0 saturated heterocycles. The lowest BCUT2D eigenvalue weighted by molar-refractivity contribution is -0.139. The standard InChI is InChI=1S/C8H16N2O4/c1-14-6-2-3-9-7(12)8(13)10-4-5-11/h11H,2-6H2,1H3,(H,9,12)(H,10,13). The molecule has 0 unspecified atom stereocenters. The number of carbonyl (C=O) groups is 2. The van der Waals surface area contributed by atoms with Gasteiger partial charge in [-0.25, -0.2) is 0 Å². The smallest absolute Gasteiger partial charge is 0.309 e. The molecule has 0 heterocycles. The van der Waals surface area contributed by atoms with Gasteiger partial charge in [-0.2, -0.15) is 0 Å². The van der Waals surface area contributed by atoms with Gasteiger partial charge in [-0.15, -0.1) is 0 Å². The van der Waals surface area contributed by atoms with Crippen LogP contribution in [0.1, 0.15) is 6.42 Å². The Hall–Kier alpha value is -1.14. The van der Waals surface area contributed by atoms with Gasteiger partial charge in [-0.05, 0) is 6.42 Å². The van der Waals surface area contributed by atoms with Crippen molar-refractivity contribution in [2.45, 2.75) is 6.42 Å². The first-order valence-electron chi connectivity index (χ1n) is 4.38. The number of nitrogens with one attached hydrogen (secondary N) is 2. The predicted octanol–water partition coefficient (Wildman–Crippen LogP) is -1.75. The summed E-state index contributed by atoms with van der Waals surface area (Å²) >= 11 is 0. The van der Waals surface area contributed by atoms with E-state index in [9.17, 15) is 9.59 Å². The van der Waals surface area contributed by atoms with E-state index < -0.39 is 11.8 Å². The molecule has 0 aromatic carbocycles. The number of methoxy groups -OCH3 is 1. The summed E-state index contributed by atoms with van der Waals surface area (Å²) in [5.74, 6) is -1.41. The summed E-state index contributed by atoms with van der Waals surface area (Å²) in [5, 5.41) is 13.0. The number of aliphatic hydroxyl groups excluding tert-OH is 1. The number of ether oxygens (including phenoxy) is 1. The summed E-state index contributed by atoms with van der Waals surface area (Å²) in [4.78, 5) is 21.9. The van der Waals surface area contributed by atoms with Crippen LogP contribution in [0.15, 0.2) is 0 Å². The molecule has 3 N–H and O–H groups in total. The number of amides is 2. The Labute approximate surface area is 82.6 Å². The fourth-order valence-electron chi connectivity index (χ4n) is 0.748. The molecule has 0 radical (unpaired) electrons. The van der Waals surface area contributed by atoms with Crippen molar-refractivity contribution in [1.29, 1.82) is 0 Å². The molecule has 0 saturated carbocycles. The first kappa shape index (κ1) is 12.9. The minimum atomic E-state index is -0.725. The summed E-state index contributed by atoms with van der Waals surface area (Å²) in [7, 11) is 1.57. The molecule has 0 aliphatic rings. The third-order valence-corrected chi connectivity index (χ3v) is 1.41. The van der Waals surface area contributed by atoms with E-state index in [0.717, 1.165) is 0 Å². The predicted molar refractivity (Wildman–Crippen MR) is 49.6 cm³/mol. The first-order chi connectivity index (χ1) is 6.72. The number of hydrogen-bond acceptors (Lipinski definition) is 4. The topological polar surface area (TPSA) is 87.7 Å². The lowest BCUT2D eigenvalue weighted by Gasteiger charge is -2.04. The highest BCUT2D eigenvalue weighted by molar-refractivity contribution is 6.35. The summed E-state index contributed by atoms with van der Waals surface area (Å²) in [6, 6.07) is 0. The maximum absolute atomic E-state index is 11.0. The van der Waals surface area contributed by atoms with Crippen molar-refractivity contribution < 1.29 is 19.4 Å². The van der Waals surface area contributed by atoms with E-state index >= 15 is 0 Å². The molecule has 14 heavy (non-hydrogen) atoms. The Morgan fingerprint density at radius 3 is 2.29 bits per heavy atom. The van der Waals surface area contributed by atoms with Gasteiger partial charge >= 0.3 is 11.8 Å². The molecule has 0 aliphatic carbocycles. The van der Waals surface area contributed by atoms with Crippen LogP contribution in [0.4, 0.5) is 0 Å². The Kier molecular flexibility index (Phi) is 7.77. The van der Waals surface area contributed by atoms with E-state index in [4.69, 9.17) is 9.84 Å². The molecule has 0 aliphatic heterocycles. The Balaban J connectivity index is 3.47. The molecule has 0 fully saturated rings. The van der Waals surface area contributed by atoms with Crippen LogP contribution in [-0.2, 0) is 14.3 Å². The van der Waals surface area contributed by atoms with Crippen LogP contribution in [-0.4, -0.2) is 50.3 Å². The molecule has 0 aromatic heterocycles. The van der Waals surface area contributed by atoms with Crippen LogP contribution >= 0.6 is 0 Å². The monoisotopic (exact) mass is 204 g/mol. The van der Waals surface area contributed by atoms with Crippen molar-refractivity contribution in [2.24, 2.45) is 0 Å². The van der Waals surface area contributed by atoms with Crippen LogP contribution in [0.5, 0.6) is 0 Å². The number of carbonyl (C=O) groups excluding carboxylic acids is 2. The van der Waals surface area contributed by atoms with Gasteiger partial charge in [-0.3, -0.25) is 9.59 Å². The van der Waals surface area contributed by atoms with Gasteiger partial charge in [0.1, 0.15) is 0 Å². The van der Waals surface area contributed by atoms with Crippen molar-refractivity contribution in [2.75, 3.05) is 33.4 Å². The van der Waals surface area contributed by atoms with Crippen molar-refractivity contribution in [3.63, 3.8) is 0 Å². The van der Waals surface area contributed by atoms with Gasteiger partial charge < -0.3 is 20.5 Å². The lowest BCUT2D eigenvalue weighted by atomic mass is 10.4. The Bertz CT molecular complexity index is 184. The quantitative estimate of drug-likeness (QED) is 0.353. The maximum Gasteiger partial charge on any atom is 0.309 e. The van der Waals surface area contributed by atoms with Crippen LogP contribution in [0.2, 0.25) is 0 Å². The average molecular weight is 204 g/mol. The molecule has 82 valence electrons. The summed E-state index contributed by atoms with van der Waals surface area (Å²) in [5.41, 5.74) is 0. The van der Waals surface area contributed by atoms with E-state index in [-0.39, 0.29) is 13.2 Å². The molecular formula is C8H16N2O4. The van der Waals surface area contributed by atoms with E-state index in [1.165, 1.54) is 0 Å². The molecule has 0 atom stereocenters. The van der Waals surface area contributed by atoms with Crippen molar-refractivity contribution in [3.8, 4) is 0 Å². The number of hydrogen-bond donors (Lipinski definition) is 3. The fraction of sp³-hybridized carbons (Fsp3) is 0.750. The number of rotatable bonds is 6. The molecule has 0 rings (SSSR count). The van der Waals surface area contributed by atoms with E-state index in [1.807, 2.05) is 0 Å². The zero-order valence-corrected chi connectivity index (χ0v) is 8.21. The summed E-state index contributed by atoms with van der Waals surface area (Å²) < 4.78 is 4.76. The van der Waals surface area contributed by atoms with E-state index in [2.05, 4.69) is 10.6 Å². The van der Waals surface area contributed by atoms with Crippen molar-refractivity contribution in [1.82, 2.24) is 10.6 Å². The number of aliphatic hydroxyl groups is 1. The molecule has 0 bridgehead atoms. The minimum Gasteiger partial charge on any atom is -0.395 e. The maximum atomic E-state index is 11.0. The Morgan fingerprint density at radius 1 is 1.21 bits per heavy atom. The van der Waals surface area contributed by atoms with E-state index in [1.54, 1.807) is 7.11 Å². The molecule has 6 heteroatoms. The van der Waals surface area contributed by atoms with Gasteiger partial charge in [0.25, 0.3) is 0 Å². The Morgan fingerprint density at radius 2 is 1.79 bits per heavy atom. The third-order valence-electron chi connectivity index (χ3n) is 1.41. The van der Waals surface area contributed by atoms with Crippen LogP contribution in [0, 0.1) is 0 Å². The van der Waals surface area contributed by atoms with Gasteiger partial charge in [0.2, 0.25) is 0 Å². The normalized spacial score (nSPS) is 9.57. The van der Waals surface area contributed by atoms with Crippen LogP contribution in [0.3, 0.4) is 0 Å². The summed E-state index contributed by atoms with van der Waals surface area (Å²) in [6.45, 7) is 0.852. The largest absolute Gasteiger partial charge is 0.395 e. The average Bonchev–Trinajstić information content (AvgIpc) is 2.20. The van der Waals surface area contributed by atoms with Crippen molar-refractivity contribution in [3.05, 3.63) is 0 Å². The summed E-state index contributed by atoms with van der Waals surface area (Å²) in [6.07, 6.45) is 0.662. The second-order valence-corrected chi connectivity index (χ2v) is 2.58. The SMILES string of the molecule is COCCCNC(=O)C(=O)NCCO. The molecular weight excluding hydrogens is 188 g/mol. The van der Waals surface area contributed by atoms with Gasteiger partial charge in [0.05, 0.1) is 6.61 Å². The zero-order valence-electron chi connectivity index (χ0n) is 8.21. The van der Waals surface area contributed by atoms with Crippen LogP contribution < -0.4 is 10.6 Å². The molecule has 0 spiro atoms. The highest BCUT2D eigenvalue weighted by atomic mass is 16.5. The second kappa shape index (κ2) is 8.46. The third kappa shape index (κ3) is 6.38. The fourth-order valence-corrected chi connectivity index (χ4v) is 0.748. The molecule has 0 aromatic rings. The van der Waals surface area contributed by atoms with Crippen molar-refractivity contribution >= 4 is 11.8 Å². The van der Waals surface area contributed by atoms with Crippen LogP contribution in [0.25, 0.3) is 0 Å². The zero-order chi connectivity index (χ0) is 10.8. The second-order valence-electron chi connectivity index (χ2n) is 2.58. The van der Waals surface area contributed by atoms with Gasteiger partial charge in [0, 0.05) is 26.8 Å². The molecule has 6 nitrogen and oxygen atoms in total. The van der Waals surface area contributed by atoms with Gasteiger partial charge in [0.15, 0.2) is 0 Å². The van der Waals surface area contributed by atoms with Gasteiger partial charge in [-0.1, -0.05) is 0 Å². The highest BCUT2D eigenvalue weighted by Crippen LogP contribution is 1.77. The first-order valence-corrected chi connectivity index (χ1v) is 4.38. The van der Waals surface area contributed by atoms with E-state index in [0.29, 0.717) is 19.6 Å².